The maximum atomic E-state index is 11.8. The van der Waals surface area contributed by atoms with E-state index < -0.39 is 16.7 Å². The van der Waals surface area contributed by atoms with Gasteiger partial charge in [0.1, 0.15) is 5.60 Å². The van der Waals surface area contributed by atoms with Crippen LogP contribution < -0.4 is 0 Å². The highest BCUT2D eigenvalue weighted by molar-refractivity contribution is 7.79. The van der Waals surface area contributed by atoms with Gasteiger partial charge in [0.05, 0.1) is 0 Å². The molecule has 0 spiro atoms. The van der Waals surface area contributed by atoms with Crippen molar-refractivity contribution in [2.75, 3.05) is 6.26 Å². The fraction of sp³-hybridized carbons (Fsp3) is 0.905. The quantitative estimate of drug-likeness (QED) is 0.578. The topological polar surface area (TPSA) is 26.3 Å². The van der Waals surface area contributed by atoms with E-state index in [9.17, 15) is 4.21 Å². The van der Waals surface area contributed by atoms with Gasteiger partial charge in [-0.25, -0.2) is 4.21 Å². The van der Waals surface area contributed by atoms with Crippen molar-refractivity contribution in [2.24, 2.45) is 29.1 Å². The summed E-state index contributed by atoms with van der Waals surface area (Å²) in [4.78, 5) is 0. The fourth-order valence-corrected chi connectivity index (χ4v) is 6.45. The number of rotatable bonds is 7. The average molecular weight is 353 g/mol. The van der Waals surface area contributed by atoms with Gasteiger partial charge in [0.25, 0.3) is 0 Å². The van der Waals surface area contributed by atoms with Gasteiger partial charge in [0.2, 0.25) is 0 Å². The lowest BCUT2D eigenvalue weighted by atomic mass is 9.57. The maximum absolute atomic E-state index is 11.8. The molecule has 0 aliphatic heterocycles. The van der Waals surface area contributed by atoms with E-state index in [1.54, 1.807) is 6.26 Å². The second kappa shape index (κ2) is 7.92. The summed E-state index contributed by atoms with van der Waals surface area (Å²) in [6, 6.07) is 0. The maximum Gasteiger partial charge on any atom is 0.153 e. The Labute approximate surface area is 152 Å². The van der Waals surface area contributed by atoms with Crippen molar-refractivity contribution < 1.29 is 8.39 Å². The standard InChI is InChI=1S/C21H36O2S/c1-7-21(23-24(6)22)15-9-14-20(5)18(12-13-19(20)21)17(4)11-8-10-16(2)3/h1,16-19H,8-15H2,2-6H3/t17?,18?,19?,20?,21-,24?/m1/s1. The molecule has 138 valence electrons. The molecule has 5 unspecified atom stereocenters. The predicted octanol–water partition coefficient (Wildman–Crippen LogP) is 5.35. The first-order chi connectivity index (χ1) is 11.2. The summed E-state index contributed by atoms with van der Waals surface area (Å²) in [5.41, 5.74) is -0.375. The van der Waals surface area contributed by atoms with Gasteiger partial charge in [-0.05, 0) is 55.3 Å². The molecule has 2 saturated carbocycles. The van der Waals surface area contributed by atoms with Gasteiger partial charge in [-0.3, -0.25) is 4.18 Å². The van der Waals surface area contributed by atoms with Gasteiger partial charge in [-0.2, -0.15) is 0 Å². The molecule has 2 aliphatic rings. The highest BCUT2D eigenvalue weighted by atomic mass is 32.2. The first-order valence-corrected chi connectivity index (χ1v) is 11.2. The predicted molar refractivity (Wildman–Crippen MR) is 103 cm³/mol. The number of hydrogen-bond acceptors (Lipinski definition) is 2. The monoisotopic (exact) mass is 352 g/mol. The molecule has 0 N–H and O–H groups in total. The lowest BCUT2D eigenvalue weighted by Gasteiger charge is -2.50. The van der Waals surface area contributed by atoms with Crippen LogP contribution in [0, 0.1) is 41.4 Å². The normalized spacial score (nSPS) is 38.5. The van der Waals surface area contributed by atoms with Gasteiger partial charge in [-0.1, -0.05) is 52.9 Å². The summed E-state index contributed by atoms with van der Waals surface area (Å²) in [7, 11) is 0. The minimum Gasteiger partial charge on any atom is -0.271 e. The summed E-state index contributed by atoms with van der Waals surface area (Å²) in [5, 5.41) is 0. The Bertz CT molecular complexity index is 495. The molecule has 0 heterocycles. The zero-order valence-corrected chi connectivity index (χ0v) is 17.1. The van der Waals surface area contributed by atoms with Crippen molar-refractivity contribution in [3.8, 4) is 12.3 Å². The molecule has 0 amide bonds. The van der Waals surface area contributed by atoms with Crippen LogP contribution in [-0.4, -0.2) is 16.1 Å². The Morgan fingerprint density at radius 1 is 1.25 bits per heavy atom. The molecule has 0 radical (unpaired) electrons. The Morgan fingerprint density at radius 3 is 2.54 bits per heavy atom. The van der Waals surface area contributed by atoms with E-state index in [1.807, 2.05) is 0 Å². The smallest absolute Gasteiger partial charge is 0.153 e. The zero-order valence-electron chi connectivity index (χ0n) is 16.3. The SMILES string of the molecule is C#C[C@@]1(OS(C)=O)CCCC2(C)C(C(C)CCCC(C)C)CCC21. The van der Waals surface area contributed by atoms with Crippen molar-refractivity contribution in [1.82, 2.24) is 0 Å². The van der Waals surface area contributed by atoms with Crippen molar-refractivity contribution in [2.45, 2.75) is 84.7 Å². The summed E-state index contributed by atoms with van der Waals surface area (Å²) >= 11 is -1.30. The fourth-order valence-electron chi connectivity index (χ4n) is 5.79. The molecule has 3 heteroatoms. The van der Waals surface area contributed by atoms with Crippen molar-refractivity contribution in [3.63, 3.8) is 0 Å². The van der Waals surface area contributed by atoms with E-state index in [1.165, 1.54) is 32.1 Å². The summed E-state index contributed by atoms with van der Waals surface area (Å²) in [6.45, 7) is 9.48. The molecule has 2 nitrogen and oxygen atoms in total. The molecule has 24 heavy (non-hydrogen) atoms. The van der Waals surface area contributed by atoms with Crippen molar-refractivity contribution >= 4 is 11.1 Å². The second-order valence-corrected chi connectivity index (χ2v) is 9.89. The Balaban J connectivity index is 2.14. The van der Waals surface area contributed by atoms with Crippen LogP contribution in [0.1, 0.15) is 79.1 Å². The van der Waals surface area contributed by atoms with Gasteiger partial charge in [0, 0.05) is 12.2 Å². The second-order valence-electron chi connectivity index (χ2n) is 8.92. The number of hydrogen-bond donors (Lipinski definition) is 0. The van der Waals surface area contributed by atoms with Gasteiger partial charge in [-0.15, -0.1) is 6.42 Å². The van der Waals surface area contributed by atoms with Crippen LogP contribution in [0.15, 0.2) is 0 Å². The van der Waals surface area contributed by atoms with Crippen LogP contribution in [0.2, 0.25) is 0 Å². The lowest BCUT2D eigenvalue weighted by molar-refractivity contribution is -0.0492. The van der Waals surface area contributed by atoms with Gasteiger partial charge in [0.15, 0.2) is 11.1 Å². The van der Waals surface area contributed by atoms with Crippen molar-refractivity contribution in [3.05, 3.63) is 0 Å². The molecule has 0 bridgehead atoms. The number of fused-ring (bicyclic) bond motifs is 1. The van der Waals surface area contributed by atoms with Gasteiger partial charge < -0.3 is 0 Å². The molecule has 2 fully saturated rings. The van der Waals surface area contributed by atoms with Gasteiger partial charge >= 0.3 is 0 Å². The average Bonchev–Trinajstić information content (AvgIpc) is 2.84. The van der Waals surface area contributed by atoms with Crippen molar-refractivity contribution in [1.29, 1.82) is 0 Å². The third-order valence-corrected chi connectivity index (χ3v) is 7.41. The lowest BCUT2D eigenvalue weighted by Crippen LogP contribution is -2.51. The highest BCUT2D eigenvalue weighted by Gasteiger charge is 2.59. The molecule has 2 aliphatic carbocycles. The van der Waals surface area contributed by atoms with Crippen LogP contribution in [-0.2, 0) is 15.3 Å². The third kappa shape index (κ3) is 3.91. The first-order valence-electron chi connectivity index (χ1n) is 9.76. The zero-order chi connectivity index (χ0) is 18.0. The molecular formula is C21H36O2S. The van der Waals surface area contributed by atoms with Crippen LogP contribution in [0.25, 0.3) is 0 Å². The van der Waals surface area contributed by atoms with E-state index in [0.717, 1.165) is 37.0 Å². The minimum absolute atomic E-state index is 0.237. The Morgan fingerprint density at radius 2 is 1.96 bits per heavy atom. The van der Waals surface area contributed by atoms with Crippen LogP contribution >= 0.6 is 0 Å². The Hall–Kier alpha value is -0.330. The molecule has 0 saturated heterocycles. The summed E-state index contributed by atoms with van der Waals surface area (Å²) in [5.74, 6) is 5.55. The highest BCUT2D eigenvalue weighted by Crippen LogP contribution is 2.62. The van der Waals surface area contributed by atoms with Crippen LogP contribution in [0.3, 0.4) is 0 Å². The van der Waals surface area contributed by atoms with E-state index in [4.69, 9.17) is 10.6 Å². The molecule has 0 aromatic carbocycles. The van der Waals surface area contributed by atoms with Crippen LogP contribution in [0.5, 0.6) is 0 Å². The van der Waals surface area contributed by atoms with Crippen LogP contribution in [0.4, 0.5) is 0 Å². The third-order valence-electron chi connectivity index (χ3n) is 6.87. The minimum atomic E-state index is -1.30. The van der Waals surface area contributed by atoms with E-state index >= 15 is 0 Å². The largest absolute Gasteiger partial charge is 0.271 e. The number of terminal acetylenes is 1. The Kier molecular flexibility index (Phi) is 6.59. The summed E-state index contributed by atoms with van der Waals surface area (Å²) < 4.78 is 17.7. The van der Waals surface area contributed by atoms with E-state index in [0.29, 0.717) is 5.92 Å². The first kappa shape index (κ1) is 20.0. The summed E-state index contributed by atoms with van der Waals surface area (Å²) in [6.07, 6.45) is 17.0. The van der Waals surface area contributed by atoms with E-state index in [2.05, 4.69) is 33.6 Å². The molecular weight excluding hydrogens is 316 g/mol. The molecule has 0 aromatic rings. The molecule has 0 aromatic heterocycles. The molecule has 2 rings (SSSR count). The molecule has 6 atom stereocenters. The van der Waals surface area contributed by atoms with E-state index in [-0.39, 0.29) is 5.41 Å².